The number of hydrogen-bond acceptors (Lipinski definition) is 13. The first-order chi connectivity index (χ1) is 38.2. The second-order valence-corrected chi connectivity index (χ2v) is 21.3. The number of fused-ring (bicyclic) bond motifs is 2. The molecule has 0 spiro atoms. The zero-order valence-corrected chi connectivity index (χ0v) is 46.9. The number of benzene rings is 4. The second-order valence-electron chi connectivity index (χ2n) is 21.3. The molecule has 1 aliphatic heterocycles. The van der Waals surface area contributed by atoms with E-state index in [4.69, 9.17) is 28.7 Å². The molecule has 1 aliphatic rings. The lowest BCUT2D eigenvalue weighted by atomic mass is 9.95. The normalized spacial score (nSPS) is 16.3. The van der Waals surface area contributed by atoms with E-state index >= 15 is 14.4 Å². The number of phenols is 2. The summed E-state index contributed by atoms with van der Waals surface area (Å²) in [6, 6.07) is 20.4. The van der Waals surface area contributed by atoms with Crippen molar-refractivity contribution >= 4 is 41.4 Å². The van der Waals surface area contributed by atoms with Gasteiger partial charge in [-0.3, -0.25) is 33.6 Å². The SMILES string of the molecule is CC[C@H](C)[C@H](N)C(=O)N[C@H](C(=O)N1CCCN(C(=O)[C@H](Cc2ccccc2)NC(=O)[C@@H](N)CCCCN)Cc2cc(cc(C(N)=O)c2)CN(C(=O)[C@H](Cc2ccc(O)cc2)NC(=O)[C@@H](N)Cc2ccc(O)cc2)CCC1)[C@@H](C)CC. The maximum Gasteiger partial charge on any atom is 0.248 e. The predicted molar refractivity (Wildman–Crippen MR) is 307 cm³/mol. The molecule has 0 radical (unpaired) electrons. The fraction of sp³-hybridized carbons (Fsp3) is 0.483. The van der Waals surface area contributed by atoms with Crippen LogP contribution in [0.4, 0.5) is 0 Å². The Morgan fingerprint density at radius 1 is 0.550 bits per heavy atom. The number of nitrogens with one attached hydrogen (secondary N) is 3. The van der Waals surface area contributed by atoms with Gasteiger partial charge in [-0.2, -0.15) is 0 Å². The Balaban J connectivity index is 1.60. The van der Waals surface area contributed by atoms with Crippen molar-refractivity contribution < 1.29 is 43.8 Å². The standard InChI is InChI=1S/C60H85N11O9/c1-5-38(3)52(64)57(77)68-53(39(4)6-2)60(80)69-26-12-28-70(58(78)50(34-40-14-8-7-9-15-40)66-55(75)48(62)16-10-11-25-61)36-43-30-44(32-45(31-43)54(65)74)37-71(29-13-27-69)59(79)51(35-42-19-23-47(73)24-20-42)67-56(76)49(63)33-41-17-21-46(72)22-18-41/h7-9,14-15,17-24,30-32,38-39,48-53,72-73H,5-6,10-13,16,25-29,33-37,61-64H2,1-4H3,(H2,65,74)(H,66,75)(H,67,76)(H,68,77)/t38-,39-,48-,49-,50-,51-,52-,53-/m0/s1. The van der Waals surface area contributed by atoms with E-state index in [9.17, 15) is 29.4 Å². The zero-order chi connectivity index (χ0) is 58.5. The van der Waals surface area contributed by atoms with Gasteiger partial charge in [0.05, 0.1) is 18.1 Å². The van der Waals surface area contributed by atoms with E-state index in [1.54, 1.807) is 52.3 Å². The first kappa shape index (κ1) is 63.4. The van der Waals surface area contributed by atoms with Gasteiger partial charge in [0.2, 0.25) is 41.4 Å². The molecule has 2 bridgehead atoms. The van der Waals surface area contributed by atoms with Gasteiger partial charge in [-0.15, -0.1) is 0 Å². The van der Waals surface area contributed by atoms with Crippen molar-refractivity contribution in [3.05, 3.63) is 130 Å². The molecule has 0 saturated heterocycles. The molecular weight excluding hydrogens is 1020 g/mol. The third kappa shape index (κ3) is 19.2. The number of nitrogens with two attached hydrogens (primary N) is 5. The molecule has 20 nitrogen and oxygen atoms in total. The van der Waals surface area contributed by atoms with Crippen molar-refractivity contribution in [3.8, 4) is 11.5 Å². The van der Waals surface area contributed by atoms with Crippen molar-refractivity contribution in [1.29, 1.82) is 0 Å². The fourth-order valence-corrected chi connectivity index (χ4v) is 9.68. The molecule has 4 aromatic carbocycles. The smallest absolute Gasteiger partial charge is 0.248 e. The highest BCUT2D eigenvalue weighted by Gasteiger charge is 2.35. The van der Waals surface area contributed by atoms with Gasteiger partial charge in [-0.05, 0) is 115 Å². The summed E-state index contributed by atoms with van der Waals surface area (Å²) in [5.41, 5.74) is 34.1. The molecule has 0 fully saturated rings. The third-order valence-corrected chi connectivity index (χ3v) is 15.0. The number of carbonyl (C=O) groups is 7. The Bertz CT molecular complexity index is 2680. The lowest BCUT2D eigenvalue weighted by Crippen LogP contribution is -2.57. The summed E-state index contributed by atoms with van der Waals surface area (Å²) in [4.78, 5) is 105. The minimum absolute atomic E-state index is 0.000843. The molecule has 8 atom stereocenters. The second kappa shape index (κ2) is 31.4. The summed E-state index contributed by atoms with van der Waals surface area (Å²) in [5, 5.41) is 28.8. The van der Waals surface area contributed by atoms with E-state index in [1.165, 1.54) is 29.2 Å². The molecule has 15 N–H and O–H groups in total. The highest BCUT2D eigenvalue weighted by Crippen LogP contribution is 2.22. The van der Waals surface area contributed by atoms with Crippen LogP contribution in [0.25, 0.3) is 0 Å². The lowest BCUT2D eigenvalue weighted by Gasteiger charge is -2.34. The maximum atomic E-state index is 15.3. The molecule has 0 saturated carbocycles. The maximum absolute atomic E-state index is 15.3. The van der Waals surface area contributed by atoms with Crippen LogP contribution in [0, 0.1) is 11.8 Å². The van der Waals surface area contributed by atoms with Gasteiger partial charge in [0.1, 0.15) is 29.6 Å². The fourth-order valence-electron chi connectivity index (χ4n) is 9.68. The van der Waals surface area contributed by atoms with Crippen LogP contribution in [0.3, 0.4) is 0 Å². The number of carbonyl (C=O) groups excluding carboxylic acids is 7. The van der Waals surface area contributed by atoms with Gasteiger partial charge in [0.25, 0.3) is 0 Å². The molecule has 4 aromatic rings. The molecule has 0 aromatic heterocycles. The van der Waals surface area contributed by atoms with Gasteiger partial charge in [0.15, 0.2) is 0 Å². The number of primary amides is 1. The van der Waals surface area contributed by atoms with Gasteiger partial charge < -0.3 is 69.5 Å². The topological polar surface area (TPSA) is 336 Å². The monoisotopic (exact) mass is 1100 g/mol. The van der Waals surface area contributed by atoms with Crippen LogP contribution < -0.4 is 44.6 Å². The Labute approximate surface area is 470 Å². The quantitative estimate of drug-likeness (QED) is 0.0452. The summed E-state index contributed by atoms with van der Waals surface area (Å²) < 4.78 is 0. The number of hydrogen-bond donors (Lipinski definition) is 10. The van der Waals surface area contributed by atoms with Gasteiger partial charge in [0, 0.05) is 57.7 Å². The van der Waals surface area contributed by atoms with Crippen LogP contribution in [0.5, 0.6) is 11.5 Å². The highest BCUT2D eigenvalue weighted by atomic mass is 16.3. The van der Waals surface area contributed by atoms with Crippen molar-refractivity contribution in [2.75, 3.05) is 32.7 Å². The number of nitrogens with zero attached hydrogens (tertiary/aromatic N) is 3. The molecule has 5 rings (SSSR count). The Morgan fingerprint density at radius 2 is 1.01 bits per heavy atom. The number of rotatable bonds is 24. The summed E-state index contributed by atoms with van der Waals surface area (Å²) >= 11 is 0. The average Bonchev–Trinajstić information content (AvgIpc) is 3.45. The molecule has 1 heterocycles. The van der Waals surface area contributed by atoms with Crippen molar-refractivity contribution in [2.45, 2.75) is 141 Å². The molecule has 80 heavy (non-hydrogen) atoms. The minimum atomic E-state index is -1.22. The van der Waals surface area contributed by atoms with E-state index in [1.807, 2.05) is 58.0 Å². The van der Waals surface area contributed by atoms with Crippen LogP contribution in [0.2, 0.25) is 0 Å². The number of aromatic hydroxyl groups is 2. The van der Waals surface area contributed by atoms with Crippen LogP contribution >= 0.6 is 0 Å². The first-order valence-electron chi connectivity index (χ1n) is 28.0. The average molecular weight is 1100 g/mol. The van der Waals surface area contributed by atoms with E-state index in [-0.39, 0.29) is 106 Å². The van der Waals surface area contributed by atoms with Gasteiger partial charge in [-0.1, -0.05) is 108 Å². The molecule has 0 unspecified atom stereocenters. The van der Waals surface area contributed by atoms with Gasteiger partial charge in [-0.25, -0.2) is 0 Å². The number of unbranched alkanes of at least 4 members (excludes halogenated alkanes) is 1. The number of amides is 7. The van der Waals surface area contributed by atoms with Crippen LogP contribution in [-0.2, 0) is 61.1 Å². The van der Waals surface area contributed by atoms with Crippen molar-refractivity contribution in [1.82, 2.24) is 30.7 Å². The van der Waals surface area contributed by atoms with Crippen LogP contribution in [0.1, 0.15) is 111 Å². The van der Waals surface area contributed by atoms with E-state index in [0.717, 1.165) is 5.56 Å². The summed E-state index contributed by atoms with van der Waals surface area (Å²) in [6.07, 6.45) is 3.43. The van der Waals surface area contributed by atoms with E-state index < -0.39 is 71.7 Å². The largest absolute Gasteiger partial charge is 0.508 e. The Hall–Kier alpha value is -7.39. The summed E-state index contributed by atoms with van der Waals surface area (Å²) in [5.74, 6) is -4.15. The highest BCUT2D eigenvalue weighted by molar-refractivity contribution is 5.94. The molecule has 0 aliphatic carbocycles. The van der Waals surface area contributed by atoms with Crippen LogP contribution in [0.15, 0.2) is 97.1 Å². The van der Waals surface area contributed by atoms with Gasteiger partial charge >= 0.3 is 0 Å². The Morgan fingerprint density at radius 3 is 1.49 bits per heavy atom. The predicted octanol–water partition coefficient (Wildman–Crippen LogP) is 2.86. The summed E-state index contributed by atoms with van der Waals surface area (Å²) in [7, 11) is 0. The van der Waals surface area contributed by atoms with E-state index in [0.29, 0.717) is 60.9 Å². The molecule has 7 amide bonds. The number of phenolic OH excluding ortho intramolecular Hbond substituents is 2. The molecule has 434 valence electrons. The van der Waals surface area contributed by atoms with Crippen molar-refractivity contribution in [2.24, 2.45) is 40.5 Å². The Kier molecular flexibility index (Phi) is 24.9. The lowest BCUT2D eigenvalue weighted by molar-refractivity contribution is -0.139. The summed E-state index contributed by atoms with van der Waals surface area (Å²) in [6.45, 7) is 8.14. The minimum Gasteiger partial charge on any atom is -0.508 e. The molecule has 20 heteroatoms. The first-order valence-corrected chi connectivity index (χ1v) is 28.0. The van der Waals surface area contributed by atoms with Crippen molar-refractivity contribution in [3.63, 3.8) is 0 Å². The zero-order valence-electron chi connectivity index (χ0n) is 46.9. The molecular formula is C60H85N11O9. The van der Waals surface area contributed by atoms with E-state index in [2.05, 4.69) is 16.0 Å². The third-order valence-electron chi connectivity index (χ3n) is 15.0. The van der Waals surface area contributed by atoms with Crippen LogP contribution in [-0.4, -0.2) is 135 Å².